The highest BCUT2D eigenvalue weighted by atomic mass is 32.2. The van der Waals surface area contributed by atoms with Gasteiger partial charge in [0.15, 0.2) is 9.84 Å². The van der Waals surface area contributed by atoms with Crippen LogP contribution in [0.4, 0.5) is 0 Å². The highest BCUT2D eigenvalue weighted by molar-refractivity contribution is 7.91. The van der Waals surface area contributed by atoms with Gasteiger partial charge in [-0.05, 0) is 26.7 Å². The molecule has 0 bridgehead atoms. The second-order valence-electron chi connectivity index (χ2n) is 4.44. The maximum atomic E-state index is 12.1. The summed E-state index contributed by atoms with van der Waals surface area (Å²) in [5.41, 5.74) is 0.707. The molecule has 1 aliphatic rings. The van der Waals surface area contributed by atoms with Gasteiger partial charge < -0.3 is 4.90 Å². The average Bonchev–Trinajstić information content (AvgIpc) is 2.60. The molecule has 0 aromatic carbocycles. The molecule has 1 rings (SSSR count). The van der Waals surface area contributed by atoms with Crippen molar-refractivity contribution in [2.24, 2.45) is 0 Å². The smallest absolute Gasteiger partial charge is 0.249 e. The number of hydrogen-bond donors (Lipinski definition) is 0. The Morgan fingerprint density at radius 2 is 2.06 bits per heavy atom. The molecule has 5 heteroatoms. The van der Waals surface area contributed by atoms with E-state index in [1.807, 2.05) is 19.9 Å². The third-order valence-electron chi connectivity index (χ3n) is 3.10. The minimum absolute atomic E-state index is 0.0311. The Bertz CT molecular complexity index is 411. The van der Waals surface area contributed by atoms with Crippen molar-refractivity contribution >= 4 is 15.7 Å². The maximum absolute atomic E-state index is 12.1. The van der Waals surface area contributed by atoms with Crippen LogP contribution < -0.4 is 0 Å². The normalized spacial score (nSPS) is 23.7. The van der Waals surface area contributed by atoms with Crippen molar-refractivity contribution in [3.05, 3.63) is 11.6 Å². The molecule has 1 saturated heterocycles. The summed E-state index contributed by atoms with van der Waals surface area (Å²) in [4.78, 5) is 13.8. The SMILES string of the molecule is CCC=C(C)C(=O)N(CC)C1CCS(=O)(=O)C1. The topological polar surface area (TPSA) is 54.5 Å². The van der Waals surface area contributed by atoms with Crippen molar-refractivity contribution in [3.8, 4) is 0 Å². The first-order valence-corrected chi connectivity index (χ1v) is 7.91. The fourth-order valence-electron chi connectivity index (χ4n) is 2.21. The molecule has 17 heavy (non-hydrogen) atoms. The molecule has 0 aromatic heterocycles. The maximum Gasteiger partial charge on any atom is 0.249 e. The van der Waals surface area contributed by atoms with Crippen LogP contribution in [0.5, 0.6) is 0 Å². The molecule has 1 aliphatic heterocycles. The van der Waals surface area contributed by atoms with Gasteiger partial charge in [0.2, 0.25) is 5.91 Å². The largest absolute Gasteiger partial charge is 0.335 e. The summed E-state index contributed by atoms with van der Waals surface area (Å²) in [5, 5.41) is 0. The molecule has 0 aliphatic carbocycles. The molecule has 1 unspecified atom stereocenters. The van der Waals surface area contributed by atoms with E-state index in [9.17, 15) is 13.2 Å². The van der Waals surface area contributed by atoms with E-state index in [0.29, 0.717) is 18.5 Å². The first-order chi connectivity index (χ1) is 7.91. The van der Waals surface area contributed by atoms with Crippen LogP contribution in [0.3, 0.4) is 0 Å². The van der Waals surface area contributed by atoms with Gasteiger partial charge >= 0.3 is 0 Å². The number of nitrogens with zero attached hydrogens (tertiary/aromatic N) is 1. The standard InChI is InChI=1S/C12H21NO3S/c1-4-6-10(3)12(14)13(5-2)11-7-8-17(15,16)9-11/h6,11H,4-5,7-9H2,1-3H3. The van der Waals surface area contributed by atoms with Crippen molar-refractivity contribution < 1.29 is 13.2 Å². The number of sulfone groups is 1. The summed E-state index contributed by atoms with van der Waals surface area (Å²) >= 11 is 0. The lowest BCUT2D eigenvalue weighted by molar-refractivity contribution is -0.128. The average molecular weight is 259 g/mol. The highest BCUT2D eigenvalue weighted by Crippen LogP contribution is 2.19. The van der Waals surface area contributed by atoms with Crippen molar-refractivity contribution in [3.63, 3.8) is 0 Å². The fraction of sp³-hybridized carbons (Fsp3) is 0.750. The van der Waals surface area contributed by atoms with Crippen molar-refractivity contribution in [1.82, 2.24) is 4.90 Å². The molecule has 0 saturated carbocycles. The molecular formula is C12H21NO3S. The molecule has 0 N–H and O–H groups in total. The first kappa shape index (κ1) is 14.2. The number of hydrogen-bond acceptors (Lipinski definition) is 3. The second kappa shape index (κ2) is 5.67. The van der Waals surface area contributed by atoms with E-state index in [2.05, 4.69) is 0 Å². The Labute approximate surface area is 104 Å². The Balaban J connectivity index is 2.79. The summed E-state index contributed by atoms with van der Waals surface area (Å²) in [5.74, 6) is 0.292. The summed E-state index contributed by atoms with van der Waals surface area (Å²) in [6.07, 6.45) is 3.27. The van der Waals surface area contributed by atoms with Gasteiger partial charge in [0.05, 0.1) is 11.5 Å². The van der Waals surface area contributed by atoms with Gasteiger partial charge in [-0.2, -0.15) is 0 Å². The molecule has 0 aromatic rings. The Kier molecular flexibility index (Phi) is 4.74. The molecule has 1 atom stereocenters. The van der Waals surface area contributed by atoms with Crippen LogP contribution in [0.2, 0.25) is 0 Å². The number of carbonyl (C=O) groups excluding carboxylic acids is 1. The monoisotopic (exact) mass is 259 g/mol. The van der Waals surface area contributed by atoms with Crippen LogP contribution in [0.1, 0.15) is 33.6 Å². The van der Waals surface area contributed by atoms with E-state index < -0.39 is 9.84 Å². The van der Waals surface area contributed by atoms with E-state index in [1.54, 1.807) is 11.8 Å². The van der Waals surface area contributed by atoms with Gasteiger partial charge in [-0.1, -0.05) is 13.0 Å². The fourth-order valence-corrected chi connectivity index (χ4v) is 3.94. The zero-order valence-electron chi connectivity index (χ0n) is 10.8. The molecule has 0 radical (unpaired) electrons. The molecule has 4 nitrogen and oxygen atoms in total. The molecule has 1 fully saturated rings. The second-order valence-corrected chi connectivity index (χ2v) is 6.67. The number of carbonyl (C=O) groups is 1. The van der Waals surface area contributed by atoms with E-state index >= 15 is 0 Å². The van der Waals surface area contributed by atoms with Crippen LogP contribution in [0, 0.1) is 0 Å². The lowest BCUT2D eigenvalue weighted by Crippen LogP contribution is -2.41. The molecular weight excluding hydrogens is 238 g/mol. The van der Waals surface area contributed by atoms with Crippen molar-refractivity contribution in [1.29, 1.82) is 0 Å². The van der Waals surface area contributed by atoms with Gasteiger partial charge in [-0.25, -0.2) is 8.42 Å². The molecule has 98 valence electrons. The van der Waals surface area contributed by atoms with Crippen molar-refractivity contribution in [2.45, 2.75) is 39.7 Å². The van der Waals surface area contributed by atoms with Gasteiger partial charge in [-0.3, -0.25) is 4.79 Å². The van der Waals surface area contributed by atoms with Crippen LogP contribution in [-0.2, 0) is 14.6 Å². The number of amides is 1. The lowest BCUT2D eigenvalue weighted by Gasteiger charge is -2.27. The minimum atomic E-state index is -2.94. The third-order valence-corrected chi connectivity index (χ3v) is 4.85. The Morgan fingerprint density at radius 1 is 1.41 bits per heavy atom. The number of rotatable bonds is 4. The van der Waals surface area contributed by atoms with Crippen LogP contribution in [0.15, 0.2) is 11.6 Å². The van der Waals surface area contributed by atoms with Gasteiger partial charge in [0, 0.05) is 18.2 Å². The zero-order valence-corrected chi connectivity index (χ0v) is 11.6. The minimum Gasteiger partial charge on any atom is -0.335 e. The van der Waals surface area contributed by atoms with Gasteiger partial charge in [0.1, 0.15) is 0 Å². The van der Waals surface area contributed by atoms with Gasteiger partial charge in [0.25, 0.3) is 0 Å². The van der Waals surface area contributed by atoms with E-state index in [0.717, 1.165) is 6.42 Å². The molecule has 1 amide bonds. The van der Waals surface area contributed by atoms with Crippen molar-refractivity contribution in [2.75, 3.05) is 18.1 Å². The summed E-state index contributed by atoms with van der Waals surface area (Å²) < 4.78 is 22.9. The predicted octanol–water partition coefficient (Wildman–Crippen LogP) is 1.38. The summed E-state index contributed by atoms with van der Waals surface area (Å²) in [7, 11) is -2.94. The number of allylic oxidation sites excluding steroid dienone is 1. The van der Waals surface area contributed by atoms with Crippen LogP contribution in [0.25, 0.3) is 0 Å². The Morgan fingerprint density at radius 3 is 2.47 bits per heavy atom. The zero-order chi connectivity index (χ0) is 13.1. The highest BCUT2D eigenvalue weighted by Gasteiger charge is 2.33. The molecule has 0 spiro atoms. The number of likely N-dealkylation sites (N-methyl/N-ethyl adjacent to an activating group) is 1. The first-order valence-electron chi connectivity index (χ1n) is 6.09. The lowest BCUT2D eigenvalue weighted by atomic mass is 10.1. The van der Waals surface area contributed by atoms with Gasteiger partial charge in [-0.15, -0.1) is 0 Å². The Hall–Kier alpha value is -0.840. The summed E-state index contributed by atoms with van der Waals surface area (Å²) in [6.45, 7) is 6.22. The van der Waals surface area contributed by atoms with Crippen LogP contribution >= 0.6 is 0 Å². The van der Waals surface area contributed by atoms with Crippen LogP contribution in [-0.4, -0.2) is 43.3 Å². The van der Waals surface area contributed by atoms with E-state index in [1.165, 1.54) is 0 Å². The predicted molar refractivity (Wildman–Crippen MR) is 68.5 cm³/mol. The molecule has 1 heterocycles. The van der Waals surface area contributed by atoms with E-state index in [-0.39, 0.29) is 23.5 Å². The summed E-state index contributed by atoms with van der Waals surface area (Å²) in [6, 6.07) is -0.141. The third kappa shape index (κ3) is 3.56. The quantitative estimate of drug-likeness (QED) is 0.717. The van der Waals surface area contributed by atoms with E-state index in [4.69, 9.17) is 0 Å².